The first-order valence-electron chi connectivity index (χ1n) is 7.57. The number of nitrogens with one attached hydrogen (secondary N) is 1. The lowest BCUT2D eigenvalue weighted by Gasteiger charge is -2.26. The van der Waals surface area contributed by atoms with Crippen LogP contribution in [0.15, 0.2) is 0 Å². The van der Waals surface area contributed by atoms with Crippen LogP contribution in [0.4, 0.5) is 11.5 Å². The van der Waals surface area contributed by atoms with Crippen LogP contribution in [0, 0.1) is 0 Å². The number of hydrogen-bond donors (Lipinski definition) is 2. The summed E-state index contributed by atoms with van der Waals surface area (Å²) >= 11 is 0. The molecule has 3 N–H and O–H groups in total. The van der Waals surface area contributed by atoms with Gasteiger partial charge in [0.2, 0.25) is 5.88 Å². The zero-order valence-electron chi connectivity index (χ0n) is 12.9. The van der Waals surface area contributed by atoms with Gasteiger partial charge in [-0.05, 0) is 6.92 Å². The van der Waals surface area contributed by atoms with Crippen molar-refractivity contribution in [2.75, 3.05) is 57.1 Å². The molecule has 1 saturated heterocycles. The highest BCUT2D eigenvalue weighted by atomic mass is 16.5. The SMILES string of the molecule is CCOc1nc(CC)nc(NCCN2CCOCC2)c1N. The van der Waals surface area contributed by atoms with Gasteiger partial charge in [-0.25, -0.2) is 4.98 Å². The van der Waals surface area contributed by atoms with E-state index in [1.165, 1.54) is 0 Å². The fourth-order valence-corrected chi connectivity index (χ4v) is 2.19. The molecule has 7 heteroatoms. The second-order valence-corrected chi connectivity index (χ2v) is 4.87. The van der Waals surface area contributed by atoms with Crippen LogP contribution in [0.1, 0.15) is 19.7 Å². The Morgan fingerprint density at radius 1 is 1.29 bits per heavy atom. The summed E-state index contributed by atoms with van der Waals surface area (Å²) < 4.78 is 10.8. The summed E-state index contributed by atoms with van der Waals surface area (Å²) in [5.41, 5.74) is 6.55. The Labute approximate surface area is 125 Å². The predicted molar refractivity (Wildman–Crippen MR) is 82.7 cm³/mol. The molecule has 0 aromatic carbocycles. The van der Waals surface area contributed by atoms with Gasteiger partial charge >= 0.3 is 0 Å². The first-order chi connectivity index (χ1) is 10.2. The molecular weight excluding hydrogens is 270 g/mol. The molecule has 21 heavy (non-hydrogen) atoms. The molecule has 1 aliphatic rings. The number of nitrogens with two attached hydrogens (primary N) is 1. The molecule has 7 nitrogen and oxygen atoms in total. The van der Waals surface area contributed by atoms with Gasteiger partial charge in [-0.3, -0.25) is 4.90 Å². The largest absolute Gasteiger partial charge is 0.476 e. The highest BCUT2D eigenvalue weighted by molar-refractivity contribution is 5.66. The lowest BCUT2D eigenvalue weighted by molar-refractivity contribution is 0.0398. The van der Waals surface area contributed by atoms with Gasteiger partial charge in [-0.2, -0.15) is 4.98 Å². The maximum atomic E-state index is 6.07. The van der Waals surface area contributed by atoms with Crippen LogP contribution >= 0.6 is 0 Å². The summed E-state index contributed by atoms with van der Waals surface area (Å²) in [4.78, 5) is 11.1. The van der Waals surface area contributed by atoms with E-state index in [-0.39, 0.29) is 0 Å². The van der Waals surface area contributed by atoms with Crippen LogP contribution < -0.4 is 15.8 Å². The molecule has 1 aromatic rings. The maximum absolute atomic E-state index is 6.07. The van der Waals surface area contributed by atoms with Gasteiger partial charge in [0.15, 0.2) is 5.82 Å². The van der Waals surface area contributed by atoms with Crippen LogP contribution in [0.3, 0.4) is 0 Å². The maximum Gasteiger partial charge on any atom is 0.242 e. The van der Waals surface area contributed by atoms with Crippen molar-refractivity contribution >= 4 is 11.5 Å². The standard InChI is InChI=1S/C14H25N5O2/c1-3-11-17-13(12(15)14(18-11)21-4-2)16-5-6-19-7-9-20-10-8-19/h3-10,15H2,1-2H3,(H,16,17,18). The molecule has 0 radical (unpaired) electrons. The first kappa shape index (κ1) is 15.8. The van der Waals surface area contributed by atoms with Crippen molar-refractivity contribution in [2.45, 2.75) is 20.3 Å². The van der Waals surface area contributed by atoms with E-state index in [1.54, 1.807) is 0 Å². The van der Waals surface area contributed by atoms with E-state index in [2.05, 4.69) is 20.2 Å². The van der Waals surface area contributed by atoms with Gasteiger partial charge in [-0.15, -0.1) is 0 Å². The molecule has 1 aliphatic heterocycles. The summed E-state index contributed by atoms with van der Waals surface area (Å²) in [7, 11) is 0. The summed E-state index contributed by atoms with van der Waals surface area (Å²) in [6.07, 6.45) is 0.749. The van der Waals surface area contributed by atoms with Gasteiger partial charge in [0, 0.05) is 32.6 Å². The third-order valence-electron chi connectivity index (χ3n) is 3.38. The Bertz CT molecular complexity index is 449. The minimum absolute atomic E-state index is 0.471. The van der Waals surface area contributed by atoms with E-state index < -0.39 is 0 Å². The second kappa shape index (κ2) is 7.99. The van der Waals surface area contributed by atoms with Gasteiger partial charge < -0.3 is 20.5 Å². The van der Waals surface area contributed by atoms with Crippen LogP contribution in [-0.2, 0) is 11.2 Å². The summed E-state index contributed by atoms with van der Waals surface area (Å²) in [5, 5.41) is 3.30. The number of aromatic nitrogens is 2. The summed E-state index contributed by atoms with van der Waals surface area (Å²) in [6.45, 7) is 9.77. The van der Waals surface area contributed by atoms with Gasteiger partial charge in [-0.1, -0.05) is 6.92 Å². The lowest BCUT2D eigenvalue weighted by Crippen LogP contribution is -2.39. The van der Waals surface area contributed by atoms with Gasteiger partial charge in [0.05, 0.1) is 19.8 Å². The number of hydrogen-bond acceptors (Lipinski definition) is 7. The van der Waals surface area contributed by atoms with E-state index in [1.807, 2.05) is 13.8 Å². The molecule has 1 aromatic heterocycles. The Hall–Kier alpha value is -1.60. The third-order valence-corrected chi connectivity index (χ3v) is 3.38. The van der Waals surface area contributed by atoms with Crippen molar-refractivity contribution in [1.29, 1.82) is 0 Å². The van der Waals surface area contributed by atoms with Crippen LogP contribution in [0.2, 0.25) is 0 Å². The summed E-state index contributed by atoms with van der Waals surface area (Å²) in [6, 6.07) is 0. The van der Waals surface area contributed by atoms with Crippen molar-refractivity contribution in [2.24, 2.45) is 0 Å². The number of morpholine rings is 1. The van der Waals surface area contributed by atoms with E-state index in [4.69, 9.17) is 15.2 Å². The molecule has 0 spiro atoms. The third kappa shape index (κ3) is 4.44. The van der Waals surface area contributed by atoms with Crippen molar-refractivity contribution in [3.05, 3.63) is 5.82 Å². The second-order valence-electron chi connectivity index (χ2n) is 4.87. The molecule has 0 atom stereocenters. The number of anilines is 2. The van der Waals surface area contributed by atoms with Crippen molar-refractivity contribution in [3.8, 4) is 5.88 Å². The monoisotopic (exact) mass is 295 g/mol. The Morgan fingerprint density at radius 2 is 2.05 bits per heavy atom. The predicted octanol–water partition coefficient (Wildman–Crippen LogP) is 0.764. The molecule has 0 amide bonds. The van der Waals surface area contributed by atoms with E-state index in [9.17, 15) is 0 Å². The number of aryl methyl sites for hydroxylation is 1. The average Bonchev–Trinajstić information content (AvgIpc) is 2.52. The zero-order chi connectivity index (χ0) is 15.1. The molecule has 0 unspecified atom stereocenters. The molecule has 118 valence electrons. The normalized spacial score (nSPS) is 15.9. The molecule has 2 rings (SSSR count). The number of nitrogens with zero attached hydrogens (tertiary/aromatic N) is 3. The molecule has 0 aliphatic carbocycles. The average molecular weight is 295 g/mol. The Balaban J connectivity index is 1.95. The van der Waals surface area contributed by atoms with Crippen molar-refractivity contribution in [3.63, 3.8) is 0 Å². The van der Waals surface area contributed by atoms with Crippen LogP contribution in [-0.4, -0.2) is 60.9 Å². The van der Waals surface area contributed by atoms with E-state index >= 15 is 0 Å². The smallest absolute Gasteiger partial charge is 0.242 e. The lowest BCUT2D eigenvalue weighted by atomic mass is 10.3. The number of rotatable bonds is 7. The van der Waals surface area contributed by atoms with Gasteiger partial charge in [0.25, 0.3) is 0 Å². The highest BCUT2D eigenvalue weighted by Crippen LogP contribution is 2.26. The Kier molecular flexibility index (Phi) is 6.01. The molecule has 1 fully saturated rings. The van der Waals surface area contributed by atoms with E-state index in [0.29, 0.717) is 24.0 Å². The Morgan fingerprint density at radius 3 is 2.71 bits per heavy atom. The van der Waals surface area contributed by atoms with Crippen LogP contribution in [0.25, 0.3) is 0 Å². The fourth-order valence-electron chi connectivity index (χ4n) is 2.19. The molecule has 0 bridgehead atoms. The minimum Gasteiger partial charge on any atom is -0.476 e. The van der Waals surface area contributed by atoms with Crippen LogP contribution in [0.5, 0.6) is 5.88 Å². The summed E-state index contributed by atoms with van der Waals surface area (Å²) in [5.74, 6) is 1.87. The highest BCUT2D eigenvalue weighted by Gasteiger charge is 2.13. The van der Waals surface area contributed by atoms with Gasteiger partial charge in [0.1, 0.15) is 11.5 Å². The molecule has 2 heterocycles. The molecular formula is C14H25N5O2. The van der Waals surface area contributed by atoms with Crippen molar-refractivity contribution in [1.82, 2.24) is 14.9 Å². The number of ether oxygens (including phenoxy) is 2. The minimum atomic E-state index is 0.471. The van der Waals surface area contributed by atoms with E-state index in [0.717, 1.165) is 51.6 Å². The topological polar surface area (TPSA) is 85.5 Å². The molecule has 0 saturated carbocycles. The van der Waals surface area contributed by atoms with Crippen molar-refractivity contribution < 1.29 is 9.47 Å². The quantitative estimate of drug-likeness (QED) is 0.768. The zero-order valence-corrected chi connectivity index (χ0v) is 12.9. The fraction of sp³-hybridized carbons (Fsp3) is 0.714. The first-order valence-corrected chi connectivity index (χ1v) is 7.57. The number of nitrogen functional groups attached to an aromatic ring is 1.